The number of urea groups is 1. The third kappa shape index (κ3) is 3.86. The van der Waals surface area contributed by atoms with Crippen molar-refractivity contribution in [2.24, 2.45) is 0 Å². The van der Waals surface area contributed by atoms with Gasteiger partial charge in [-0.15, -0.1) is 0 Å². The summed E-state index contributed by atoms with van der Waals surface area (Å²) in [6.07, 6.45) is 0. The fraction of sp³-hybridized carbons (Fsp3) is 0.500. The molecule has 1 fully saturated rings. The van der Waals surface area contributed by atoms with Crippen LogP contribution in [0.4, 0.5) is 10.5 Å². The number of hydrogen-bond acceptors (Lipinski definition) is 3. The second kappa shape index (κ2) is 6.43. The average molecular weight is 262 g/mol. The van der Waals surface area contributed by atoms with Gasteiger partial charge in [0.1, 0.15) is 0 Å². The standard InChI is InChI=1S/C14H22N4O/c1-2-17(8-9-18-7-6-16-14(18)19)11-12-4-3-5-13(15)10-12/h3-5,10H,2,6-9,11,15H2,1H3,(H,16,19). The maximum absolute atomic E-state index is 11.5. The molecule has 0 bridgehead atoms. The van der Waals surface area contributed by atoms with Gasteiger partial charge in [-0.2, -0.15) is 0 Å². The molecule has 5 heteroatoms. The zero-order valence-electron chi connectivity index (χ0n) is 11.4. The van der Waals surface area contributed by atoms with Gasteiger partial charge in [-0.05, 0) is 24.2 Å². The molecular formula is C14H22N4O. The van der Waals surface area contributed by atoms with E-state index in [1.54, 1.807) is 0 Å². The van der Waals surface area contributed by atoms with Gasteiger partial charge in [-0.25, -0.2) is 4.79 Å². The maximum atomic E-state index is 11.5. The van der Waals surface area contributed by atoms with E-state index in [-0.39, 0.29) is 6.03 Å². The number of benzene rings is 1. The molecule has 1 heterocycles. The van der Waals surface area contributed by atoms with E-state index in [4.69, 9.17) is 5.73 Å². The van der Waals surface area contributed by atoms with Crippen molar-refractivity contribution in [2.75, 3.05) is 38.5 Å². The van der Waals surface area contributed by atoms with Gasteiger partial charge >= 0.3 is 6.03 Å². The smallest absolute Gasteiger partial charge is 0.317 e. The van der Waals surface area contributed by atoms with Gasteiger partial charge in [0, 0.05) is 38.4 Å². The Balaban J connectivity index is 1.84. The molecule has 5 nitrogen and oxygen atoms in total. The van der Waals surface area contributed by atoms with Gasteiger partial charge in [0.05, 0.1) is 0 Å². The highest BCUT2D eigenvalue weighted by atomic mass is 16.2. The lowest BCUT2D eigenvalue weighted by molar-refractivity contribution is 0.201. The van der Waals surface area contributed by atoms with Crippen LogP contribution >= 0.6 is 0 Å². The van der Waals surface area contributed by atoms with Crippen molar-refractivity contribution in [3.63, 3.8) is 0 Å². The predicted octanol–water partition coefficient (Wildman–Crippen LogP) is 1.12. The number of carbonyl (C=O) groups excluding carboxylic acids is 1. The van der Waals surface area contributed by atoms with E-state index in [1.165, 1.54) is 5.56 Å². The third-order valence-corrected chi connectivity index (χ3v) is 3.44. The molecule has 19 heavy (non-hydrogen) atoms. The monoisotopic (exact) mass is 262 g/mol. The van der Waals surface area contributed by atoms with Crippen molar-refractivity contribution in [3.05, 3.63) is 29.8 Å². The second-order valence-electron chi connectivity index (χ2n) is 4.83. The Labute approximate surface area is 114 Å². The van der Waals surface area contributed by atoms with E-state index >= 15 is 0 Å². The highest BCUT2D eigenvalue weighted by Crippen LogP contribution is 2.09. The summed E-state index contributed by atoms with van der Waals surface area (Å²) in [6.45, 7) is 7.22. The Morgan fingerprint density at radius 3 is 2.95 bits per heavy atom. The number of likely N-dealkylation sites (N-methyl/N-ethyl adjacent to an activating group) is 1. The number of nitrogens with two attached hydrogens (primary N) is 1. The number of amides is 2. The minimum Gasteiger partial charge on any atom is -0.399 e. The minimum atomic E-state index is 0.0556. The molecule has 1 aliphatic rings. The van der Waals surface area contributed by atoms with Gasteiger partial charge in [-0.1, -0.05) is 19.1 Å². The van der Waals surface area contributed by atoms with Gasteiger partial charge < -0.3 is 16.0 Å². The summed E-state index contributed by atoms with van der Waals surface area (Å²) in [5.41, 5.74) is 7.80. The van der Waals surface area contributed by atoms with Crippen LogP contribution in [0, 0.1) is 0 Å². The first-order valence-corrected chi connectivity index (χ1v) is 6.78. The van der Waals surface area contributed by atoms with E-state index in [9.17, 15) is 4.79 Å². The van der Waals surface area contributed by atoms with E-state index in [2.05, 4.69) is 23.2 Å². The lowest BCUT2D eigenvalue weighted by atomic mass is 10.2. The second-order valence-corrected chi connectivity index (χ2v) is 4.83. The van der Waals surface area contributed by atoms with Crippen molar-refractivity contribution in [3.8, 4) is 0 Å². The number of nitrogen functional groups attached to an aromatic ring is 1. The Hall–Kier alpha value is -1.75. The zero-order chi connectivity index (χ0) is 13.7. The number of anilines is 1. The van der Waals surface area contributed by atoms with E-state index < -0.39 is 0 Å². The summed E-state index contributed by atoms with van der Waals surface area (Å²) >= 11 is 0. The molecule has 0 atom stereocenters. The van der Waals surface area contributed by atoms with Crippen molar-refractivity contribution >= 4 is 11.7 Å². The van der Waals surface area contributed by atoms with E-state index in [1.807, 2.05) is 23.1 Å². The van der Waals surface area contributed by atoms with Gasteiger partial charge in [-0.3, -0.25) is 4.90 Å². The first-order chi connectivity index (χ1) is 9.19. The fourth-order valence-electron chi connectivity index (χ4n) is 2.29. The van der Waals surface area contributed by atoms with Crippen molar-refractivity contribution in [1.29, 1.82) is 0 Å². The first kappa shape index (κ1) is 13.7. The van der Waals surface area contributed by atoms with Crippen LogP contribution in [0.5, 0.6) is 0 Å². The zero-order valence-corrected chi connectivity index (χ0v) is 11.4. The maximum Gasteiger partial charge on any atom is 0.317 e. The molecule has 3 N–H and O–H groups in total. The molecule has 0 aliphatic carbocycles. The molecule has 2 amide bonds. The molecule has 0 unspecified atom stereocenters. The largest absolute Gasteiger partial charge is 0.399 e. The summed E-state index contributed by atoms with van der Waals surface area (Å²) in [6, 6.07) is 8.02. The molecule has 0 saturated carbocycles. The molecule has 2 rings (SSSR count). The van der Waals surface area contributed by atoms with E-state index in [0.717, 1.165) is 45.0 Å². The van der Waals surface area contributed by atoms with Crippen molar-refractivity contribution in [2.45, 2.75) is 13.5 Å². The summed E-state index contributed by atoms with van der Waals surface area (Å²) in [4.78, 5) is 15.6. The minimum absolute atomic E-state index is 0.0556. The lowest BCUT2D eigenvalue weighted by Crippen LogP contribution is -2.36. The quantitative estimate of drug-likeness (QED) is 0.755. The summed E-state index contributed by atoms with van der Waals surface area (Å²) in [7, 11) is 0. The Bertz CT molecular complexity index is 435. The van der Waals surface area contributed by atoms with Crippen LogP contribution < -0.4 is 11.1 Å². The average Bonchev–Trinajstić information content (AvgIpc) is 2.80. The van der Waals surface area contributed by atoms with Crippen molar-refractivity contribution < 1.29 is 4.79 Å². The van der Waals surface area contributed by atoms with Crippen molar-refractivity contribution in [1.82, 2.24) is 15.1 Å². The van der Waals surface area contributed by atoms with Crippen LogP contribution in [0.25, 0.3) is 0 Å². The number of rotatable bonds is 6. The number of nitrogens with zero attached hydrogens (tertiary/aromatic N) is 2. The van der Waals surface area contributed by atoms with Crippen LogP contribution in [0.2, 0.25) is 0 Å². The van der Waals surface area contributed by atoms with E-state index in [0.29, 0.717) is 0 Å². The molecule has 0 radical (unpaired) electrons. The van der Waals surface area contributed by atoms with Crippen LogP contribution in [-0.4, -0.2) is 48.6 Å². The Morgan fingerprint density at radius 2 is 2.32 bits per heavy atom. The summed E-state index contributed by atoms with van der Waals surface area (Å²) < 4.78 is 0. The molecule has 1 aliphatic heterocycles. The normalized spacial score (nSPS) is 15.1. The molecule has 104 valence electrons. The van der Waals surface area contributed by atoms with Crippen LogP contribution in [0.1, 0.15) is 12.5 Å². The molecular weight excluding hydrogens is 240 g/mol. The predicted molar refractivity (Wildman–Crippen MR) is 76.8 cm³/mol. The SMILES string of the molecule is CCN(CCN1CCNC1=O)Cc1cccc(N)c1. The third-order valence-electron chi connectivity index (χ3n) is 3.44. The molecule has 0 spiro atoms. The highest BCUT2D eigenvalue weighted by molar-refractivity contribution is 5.76. The fourth-order valence-corrected chi connectivity index (χ4v) is 2.29. The summed E-state index contributed by atoms with van der Waals surface area (Å²) in [5.74, 6) is 0. The Morgan fingerprint density at radius 1 is 1.47 bits per heavy atom. The number of hydrogen-bond donors (Lipinski definition) is 2. The topological polar surface area (TPSA) is 61.6 Å². The Kier molecular flexibility index (Phi) is 4.63. The summed E-state index contributed by atoms with van der Waals surface area (Å²) in [5, 5.41) is 2.82. The van der Waals surface area contributed by atoms with Gasteiger partial charge in [0.2, 0.25) is 0 Å². The first-order valence-electron chi connectivity index (χ1n) is 6.78. The molecule has 0 aromatic heterocycles. The molecule has 1 aromatic carbocycles. The molecule has 1 saturated heterocycles. The van der Waals surface area contributed by atoms with Crippen LogP contribution in [-0.2, 0) is 6.54 Å². The van der Waals surface area contributed by atoms with Gasteiger partial charge in [0.25, 0.3) is 0 Å². The van der Waals surface area contributed by atoms with Crippen LogP contribution in [0.3, 0.4) is 0 Å². The van der Waals surface area contributed by atoms with Gasteiger partial charge in [0.15, 0.2) is 0 Å². The number of nitrogens with one attached hydrogen (secondary N) is 1. The molecule has 1 aromatic rings. The highest BCUT2D eigenvalue weighted by Gasteiger charge is 2.19. The number of carbonyl (C=O) groups is 1. The lowest BCUT2D eigenvalue weighted by Gasteiger charge is -2.23. The van der Waals surface area contributed by atoms with Crippen LogP contribution in [0.15, 0.2) is 24.3 Å².